The maximum atomic E-state index is 5.02. The maximum Gasteiger partial charge on any atom is 0.229 e. The van der Waals surface area contributed by atoms with Crippen LogP contribution in [0.1, 0.15) is 51.5 Å². The first-order valence-electron chi connectivity index (χ1n) is 10.6. The predicted molar refractivity (Wildman–Crippen MR) is 119 cm³/mol. The van der Waals surface area contributed by atoms with Crippen molar-refractivity contribution in [1.82, 2.24) is 9.97 Å². The monoisotopic (exact) mass is 384 g/mol. The van der Waals surface area contributed by atoms with Gasteiger partial charge in [0.25, 0.3) is 0 Å². The molecule has 1 aliphatic heterocycles. The molecule has 2 heterocycles. The van der Waals surface area contributed by atoms with Gasteiger partial charge < -0.3 is 10.2 Å². The Balaban J connectivity index is 1.51. The zero-order valence-electron chi connectivity index (χ0n) is 17.7. The van der Waals surface area contributed by atoms with Crippen LogP contribution in [0.2, 0.25) is 0 Å². The molecule has 148 valence electrons. The largest absolute Gasteiger partial charge is 0.349 e. The van der Waals surface area contributed by atoms with Gasteiger partial charge in [-0.1, -0.05) is 42.0 Å². The van der Waals surface area contributed by atoms with E-state index in [1.165, 1.54) is 39.8 Å². The van der Waals surface area contributed by atoms with Crippen LogP contribution in [0.3, 0.4) is 0 Å². The van der Waals surface area contributed by atoms with E-state index in [1.807, 2.05) is 0 Å². The second kappa shape index (κ2) is 6.87. The molecule has 0 spiro atoms. The Labute approximate surface area is 173 Å². The molecule has 1 aliphatic carbocycles. The highest BCUT2D eigenvalue weighted by molar-refractivity contribution is 5.66. The second-order valence-corrected chi connectivity index (χ2v) is 8.53. The number of anilines is 3. The zero-order chi connectivity index (χ0) is 20.1. The van der Waals surface area contributed by atoms with Crippen LogP contribution in [-0.2, 0) is 12.8 Å². The SMILES string of the molecule is Cc1cc(C)c(Nc2nc(C)c3c(n2)N(C2CCc4ccccc42)CC3)c(C)c1. The molecule has 0 saturated carbocycles. The fraction of sp³-hybridized carbons (Fsp3) is 0.360. The summed E-state index contributed by atoms with van der Waals surface area (Å²) < 4.78 is 0. The van der Waals surface area contributed by atoms with Crippen LogP contribution < -0.4 is 10.2 Å². The average Bonchev–Trinajstić information content (AvgIpc) is 3.28. The number of rotatable bonds is 3. The molecule has 0 amide bonds. The van der Waals surface area contributed by atoms with Gasteiger partial charge in [-0.15, -0.1) is 0 Å². The number of benzene rings is 2. The lowest BCUT2D eigenvalue weighted by atomic mass is 10.1. The van der Waals surface area contributed by atoms with Crippen LogP contribution in [0.4, 0.5) is 17.5 Å². The first kappa shape index (κ1) is 18.2. The van der Waals surface area contributed by atoms with Crippen molar-refractivity contribution in [3.8, 4) is 0 Å². The van der Waals surface area contributed by atoms with Crippen molar-refractivity contribution in [3.63, 3.8) is 0 Å². The smallest absolute Gasteiger partial charge is 0.229 e. The molecule has 3 aromatic rings. The molecule has 1 atom stereocenters. The van der Waals surface area contributed by atoms with Crippen molar-refractivity contribution in [3.05, 3.63) is 75.5 Å². The lowest BCUT2D eigenvalue weighted by molar-refractivity contribution is 0.628. The molecular formula is C25H28N4. The lowest BCUT2D eigenvalue weighted by Crippen LogP contribution is -2.26. The predicted octanol–water partition coefficient (Wildman–Crippen LogP) is 5.50. The van der Waals surface area contributed by atoms with E-state index in [2.05, 4.69) is 74.3 Å². The fourth-order valence-corrected chi connectivity index (χ4v) is 5.16. The number of nitrogens with zero attached hydrogens (tertiary/aromatic N) is 3. The van der Waals surface area contributed by atoms with Gasteiger partial charge in [0.05, 0.1) is 6.04 Å². The summed E-state index contributed by atoms with van der Waals surface area (Å²) in [5.74, 6) is 1.82. The Bertz CT molecular complexity index is 1080. The summed E-state index contributed by atoms with van der Waals surface area (Å²) in [5, 5.41) is 3.52. The van der Waals surface area contributed by atoms with E-state index < -0.39 is 0 Å². The van der Waals surface area contributed by atoms with Crippen LogP contribution in [0.5, 0.6) is 0 Å². The summed E-state index contributed by atoms with van der Waals surface area (Å²) in [6.07, 6.45) is 3.35. The van der Waals surface area contributed by atoms with Crippen molar-refractivity contribution in [2.45, 2.75) is 53.0 Å². The van der Waals surface area contributed by atoms with E-state index in [0.29, 0.717) is 12.0 Å². The highest BCUT2D eigenvalue weighted by atomic mass is 15.3. The summed E-state index contributed by atoms with van der Waals surface area (Å²) in [5.41, 5.74) is 10.2. The third-order valence-electron chi connectivity index (χ3n) is 6.46. The number of aryl methyl sites for hydroxylation is 5. The van der Waals surface area contributed by atoms with Crippen molar-refractivity contribution < 1.29 is 0 Å². The highest BCUT2D eigenvalue weighted by Gasteiger charge is 2.34. The van der Waals surface area contributed by atoms with Gasteiger partial charge in [0.1, 0.15) is 5.82 Å². The highest BCUT2D eigenvalue weighted by Crippen LogP contribution is 2.42. The van der Waals surface area contributed by atoms with Gasteiger partial charge >= 0.3 is 0 Å². The van der Waals surface area contributed by atoms with E-state index in [0.717, 1.165) is 36.6 Å². The standard InChI is InChI=1S/C25H28N4/c1-15-13-16(2)23(17(3)14-15)27-25-26-18(4)20-11-12-29(24(20)28-25)22-10-9-19-7-5-6-8-21(19)22/h5-8,13-14,22H,9-12H2,1-4H3,(H,26,27,28). The Morgan fingerprint density at radius 2 is 1.72 bits per heavy atom. The van der Waals surface area contributed by atoms with Gasteiger partial charge in [-0.05, 0) is 69.2 Å². The minimum absolute atomic E-state index is 0.428. The lowest BCUT2D eigenvalue weighted by Gasteiger charge is -2.27. The molecular weight excluding hydrogens is 356 g/mol. The molecule has 1 aromatic heterocycles. The Morgan fingerprint density at radius 1 is 0.966 bits per heavy atom. The summed E-state index contributed by atoms with van der Waals surface area (Å²) in [6, 6.07) is 13.7. The first-order chi connectivity index (χ1) is 14.0. The number of fused-ring (bicyclic) bond motifs is 2. The van der Waals surface area contributed by atoms with Crippen molar-refractivity contribution in [2.75, 3.05) is 16.8 Å². The molecule has 0 radical (unpaired) electrons. The van der Waals surface area contributed by atoms with Gasteiger partial charge in [0.15, 0.2) is 0 Å². The van der Waals surface area contributed by atoms with Crippen LogP contribution in [0.25, 0.3) is 0 Å². The van der Waals surface area contributed by atoms with Gasteiger partial charge in [0.2, 0.25) is 5.95 Å². The molecule has 5 rings (SSSR count). The molecule has 4 heteroatoms. The van der Waals surface area contributed by atoms with E-state index in [4.69, 9.17) is 9.97 Å². The van der Waals surface area contributed by atoms with Crippen molar-refractivity contribution in [1.29, 1.82) is 0 Å². The normalized spacial score (nSPS) is 17.4. The molecule has 2 aliphatic rings. The molecule has 29 heavy (non-hydrogen) atoms. The molecule has 1 N–H and O–H groups in total. The molecule has 0 fully saturated rings. The van der Waals surface area contributed by atoms with Gasteiger partial charge in [0, 0.05) is 23.5 Å². The third-order valence-corrected chi connectivity index (χ3v) is 6.46. The third kappa shape index (κ3) is 3.07. The number of aromatic nitrogens is 2. The van der Waals surface area contributed by atoms with E-state index in [9.17, 15) is 0 Å². The fourth-order valence-electron chi connectivity index (χ4n) is 5.16. The summed E-state index contributed by atoms with van der Waals surface area (Å²) in [4.78, 5) is 12.3. The van der Waals surface area contributed by atoms with Crippen LogP contribution >= 0.6 is 0 Å². The van der Waals surface area contributed by atoms with Crippen LogP contribution in [0, 0.1) is 27.7 Å². The molecule has 2 aromatic carbocycles. The molecule has 4 nitrogen and oxygen atoms in total. The minimum Gasteiger partial charge on any atom is -0.349 e. The van der Waals surface area contributed by atoms with Gasteiger partial charge in [-0.25, -0.2) is 4.98 Å². The molecule has 1 unspecified atom stereocenters. The summed E-state index contributed by atoms with van der Waals surface area (Å²) in [7, 11) is 0. The van der Waals surface area contributed by atoms with Gasteiger partial charge in [-0.3, -0.25) is 0 Å². The second-order valence-electron chi connectivity index (χ2n) is 8.53. The summed E-state index contributed by atoms with van der Waals surface area (Å²) in [6.45, 7) is 9.56. The quantitative estimate of drug-likeness (QED) is 0.647. The van der Waals surface area contributed by atoms with E-state index in [1.54, 1.807) is 0 Å². The Kier molecular flexibility index (Phi) is 4.30. The number of hydrogen-bond donors (Lipinski definition) is 1. The van der Waals surface area contributed by atoms with Gasteiger partial charge in [-0.2, -0.15) is 4.98 Å². The van der Waals surface area contributed by atoms with Crippen molar-refractivity contribution in [2.24, 2.45) is 0 Å². The topological polar surface area (TPSA) is 41.1 Å². The van der Waals surface area contributed by atoms with Crippen LogP contribution in [-0.4, -0.2) is 16.5 Å². The average molecular weight is 385 g/mol. The Hall–Kier alpha value is -2.88. The minimum atomic E-state index is 0.428. The first-order valence-corrected chi connectivity index (χ1v) is 10.6. The van der Waals surface area contributed by atoms with E-state index in [-0.39, 0.29) is 0 Å². The Morgan fingerprint density at radius 3 is 2.52 bits per heavy atom. The number of nitrogens with one attached hydrogen (secondary N) is 1. The molecule has 0 saturated heterocycles. The number of hydrogen-bond acceptors (Lipinski definition) is 4. The van der Waals surface area contributed by atoms with Crippen molar-refractivity contribution >= 4 is 17.5 Å². The zero-order valence-corrected chi connectivity index (χ0v) is 17.7. The maximum absolute atomic E-state index is 5.02. The van der Waals surface area contributed by atoms with E-state index >= 15 is 0 Å². The van der Waals surface area contributed by atoms with Crippen LogP contribution in [0.15, 0.2) is 36.4 Å². The summed E-state index contributed by atoms with van der Waals surface area (Å²) >= 11 is 0. The molecule has 0 bridgehead atoms.